The number of carbonyl (C=O) groups is 1. The Morgan fingerprint density at radius 2 is 2.17 bits per heavy atom. The van der Waals surface area contributed by atoms with E-state index in [1.165, 1.54) is 4.68 Å². The molecule has 0 radical (unpaired) electrons. The molecule has 1 atom stereocenters. The van der Waals surface area contributed by atoms with Crippen LogP contribution in [0.25, 0.3) is 21.5 Å². The van der Waals surface area contributed by atoms with Crippen LogP contribution in [0, 0.1) is 5.92 Å². The highest BCUT2D eigenvalue weighted by Gasteiger charge is 2.24. The third kappa shape index (κ3) is 2.03. The lowest BCUT2D eigenvalue weighted by atomic mass is 10.0. The first-order valence-electron chi connectivity index (χ1n) is 5.54. The van der Waals surface area contributed by atoms with Crippen molar-refractivity contribution in [1.29, 1.82) is 0 Å². The first-order chi connectivity index (χ1) is 8.65. The van der Waals surface area contributed by atoms with E-state index in [0.717, 1.165) is 0 Å². The zero-order valence-corrected chi connectivity index (χ0v) is 10.1. The van der Waals surface area contributed by atoms with E-state index in [9.17, 15) is 4.79 Å². The van der Waals surface area contributed by atoms with Crippen molar-refractivity contribution >= 4 is 16.9 Å². The molecule has 0 amide bonds. The van der Waals surface area contributed by atoms with E-state index >= 15 is 0 Å². The molecule has 7 heteroatoms. The minimum atomic E-state index is -0.778. The molecule has 1 aromatic carbocycles. The average molecular weight is 244 g/mol. The zero-order valence-electron chi connectivity index (χ0n) is 10.1. The quantitative estimate of drug-likeness (QED) is 0.471. The Balaban J connectivity index is 2.47. The number of hydrogen-bond donors (Lipinski definition) is 0. The topological polar surface area (TPSA) is 96.5 Å². The molecular formula is C11H12N6O. The summed E-state index contributed by atoms with van der Waals surface area (Å²) in [6, 6.07) is 6.36. The normalized spacial score (nSPS) is 12.4. The number of nitrogens with zero attached hydrogens (tertiary/aromatic N) is 6. The molecule has 0 fully saturated rings. The lowest BCUT2D eigenvalue weighted by molar-refractivity contribution is 0.0844. The number of benzene rings is 1. The highest BCUT2D eigenvalue weighted by molar-refractivity contribution is 5.92. The standard InChI is InChI=1S/C11H12N6O/c1-7(2)10(14-15-12)11(18)17-9-6-4-3-5-8(9)13-16-17/h3-7,10H,1-2H3/t10-/m0/s1. The van der Waals surface area contributed by atoms with Crippen LogP contribution < -0.4 is 0 Å². The van der Waals surface area contributed by atoms with Gasteiger partial charge in [-0.3, -0.25) is 4.79 Å². The average Bonchev–Trinajstić information content (AvgIpc) is 2.78. The molecule has 0 aliphatic rings. The Bertz CT molecular complexity index is 625. The summed E-state index contributed by atoms with van der Waals surface area (Å²) < 4.78 is 1.19. The van der Waals surface area contributed by atoms with E-state index in [4.69, 9.17) is 5.53 Å². The second-order valence-corrected chi connectivity index (χ2v) is 4.22. The van der Waals surface area contributed by atoms with Crippen LogP contribution in [-0.4, -0.2) is 26.9 Å². The third-order valence-electron chi connectivity index (χ3n) is 2.62. The molecule has 92 valence electrons. The summed E-state index contributed by atoms with van der Waals surface area (Å²) in [5.74, 6) is -0.465. The van der Waals surface area contributed by atoms with Gasteiger partial charge in [0.05, 0.1) is 5.52 Å². The van der Waals surface area contributed by atoms with Crippen LogP contribution >= 0.6 is 0 Å². The summed E-state index contributed by atoms with van der Waals surface area (Å²) >= 11 is 0. The van der Waals surface area contributed by atoms with Crippen molar-refractivity contribution < 1.29 is 4.79 Å². The summed E-state index contributed by atoms with van der Waals surface area (Å²) in [5, 5.41) is 11.2. The van der Waals surface area contributed by atoms with Gasteiger partial charge in [0, 0.05) is 4.91 Å². The largest absolute Gasteiger partial charge is 0.272 e. The summed E-state index contributed by atoms with van der Waals surface area (Å²) in [6.07, 6.45) is 0. The van der Waals surface area contributed by atoms with Gasteiger partial charge in [0.25, 0.3) is 5.91 Å². The second kappa shape index (κ2) is 4.85. The van der Waals surface area contributed by atoms with Gasteiger partial charge in [0.15, 0.2) is 0 Å². The SMILES string of the molecule is CC(C)[C@H](N=[N+]=[N-])C(=O)n1nnc2ccccc21. The maximum Gasteiger partial charge on any atom is 0.258 e. The number of rotatable bonds is 3. The number of azide groups is 1. The monoisotopic (exact) mass is 244 g/mol. The lowest BCUT2D eigenvalue weighted by Gasteiger charge is -2.13. The van der Waals surface area contributed by atoms with Gasteiger partial charge < -0.3 is 0 Å². The van der Waals surface area contributed by atoms with Gasteiger partial charge in [0.1, 0.15) is 11.6 Å². The molecule has 0 unspecified atom stereocenters. The molecule has 1 aromatic heterocycles. The maximum absolute atomic E-state index is 12.2. The van der Waals surface area contributed by atoms with Crippen molar-refractivity contribution in [3.63, 3.8) is 0 Å². The Morgan fingerprint density at radius 3 is 2.83 bits per heavy atom. The molecule has 1 heterocycles. The molecule has 2 rings (SSSR count). The number of para-hydroxylation sites is 1. The maximum atomic E-state index is 12.2. The van der Waals surface area contributed by atoms with Crippen molar-refractivity contribution in [3.8, 4) is 0 Å². The molecule has 18 heavy (non-hydrogen) atoms. The molecule has 0 spiro atoms. The van der Waals surface area contributed by atoms with Crippen molar-refractivity contribution in [2.45, 2.75) is 19.9 Å². The van der Waals surface area contributed by atoms with E-state index in [2.05, 4.69) is 20.3 Å². The van der Waals surface area contributed by atoms with E-state index in [1.807, 2.05) is 19.9 Å². The van der Waals surface area contributed by atoms with Crippen LogP contribution in [0.1, 0.15) is 18.6 Å². The second-order valence-electron chi connectivity index (χ2n) is 4.22. The fourth-order valence-corrected chi connectivity index (χ4v) is 1.68. The van der Waals surface area contributed by atoms with E-state index in [-0.39, 0.29) is 11.8 Å². The first kappa shape index (κ1) is 12.1. The zero-order chi connectivity index (χ0) is 13.1. The fourth-order valence-electron chi connectivity index (χ4n) is 1.68. The highest BCUT2D eigenvalue weighted by atomic mass is 16.2. The Labute approximate surface area is 103 Å². The van der Waals surface area contributed by atoms with Crippen LogP contribution in [0.4, 0.5) is 0 Å². The summed E-state index contributed by atoms with van der Waals surface area (Å²) in [6.45, 7) is 3.63. The molecule has 7 nitrogen and oxygen atoms in total. The van der Waals surface area contributed by atoms with Crippen molar-refractivity contribution in [2.75, 3.05) is 0 Å². The van der Waals surface area contributed by atoms with Gasteiger partial charge in [-0.2, -0.15) is 4.68 Å². The lowest BCUT2D eigenvalue weighted by Crippen LogP contribution is -2.30. The van der Waals surface area contributed by atoms with Gasteiger partial charge in [-0.25, -0.2) is 0 Å². The number of fused-ring (bicyclic) bond motifs is 1. The molecule has 0 saturated carbocycles. The molecule has 0 N–H and O–H groups in total. The Hall–Kier alpha value is -2.40. The number of hydrogen-bond acceptors (Lipinski definition) is 4. The molecule has 0 aliphatic carbocycles. The Kier molecular flexibility index (Phi) is 3.25. The first-order valence-corrected chi connectivity index (χ1v) is 5.54. The molecular weight excluding hydrogens is 232 g/mol. The molecule has 2 aromatic rings. The van der Waals surface area contributed by atoms with Crippen LogP contribution in [0.5, 0.6) is 0 Å². The predicted molar refractivity (Wildman–Crippen MR) is 65.9 cm³/mol. The fraction of sp³-hybridized carbons (Fsp3) is 0.364. The van der Waals surface area contributed by atoms with Crippen molar-refractivity contribution in [2.24, 2.45) is 11.0 Å². The van der Waals surface area contributed by atoms with E-state index in [1.54, 1.807) is 18.2 Å². The van der Waals surface area contributed by atoms with Crippen molar-refractivity contribution in [3.05, 3.63) is 34.7 Å². The van der Waals surface area contributed by atoms with Crippen molar-refractivity contribution in [1.82, 2.24) is 15.0 Å². The number of carbonyl (C=O) groups excluding carboxylic acids is 1. The van der Waals surface area contributed by atoms with Crippen LogP contribution in [-0.2, 0) is 0 Å². The van der Waals surface area contributed by atoms with Gasteiger partial charge in [0.2, 0.25) is 0 Å². The van der Waals surface area contributed by atoms with E-state index < -0.39 is 6.04 Å². The predicted octanol–water partition coefficient (Wildman–Crippen LogP) is 2.41. The van der Waals surface area contributed by atoms with Crippen LogP contribution in [0.3, 0.4) is 0 Å². The molecule has 0 saturated heterocycles. The van der Waals surface area contributed by atoms with Gasteiger partial charge in [-0.1, -0.05) is 36.3 Å². The smallest absolute Gasteiger partial charge is 0.258 e. The number of aromatic nitrogens is 3. The van der Waals surface area contributed by atoms with Gasteiger partial charge in [-0.05, 0) is 23.6 Å². The minimum Gasteiger partial charge on any atom is -0.272 e. The minimum absolute atomic E-state index is 0.101. The molecule has 0 bridgehead atoms. The van der Waals surface area contributed by atoms with Gasteiger partial charge in [-0.15, -0.1) is 5.10 Å². The highest BCUT2D eigenvalue weighted by Crippen LogP contribution is 2.14. The van der Waals surface area contributed by atoms with Crippen LogP contribution in [0.2, 0.25) is 0 Å². The Morgan fingerprint density at radius 1 is 1.44 bits per heavy atom. The van der Waals surface area contributed by atoms with Gasteiger partial charge >= 0.3 is 0 Å². The summed E-state index contributed by atoms with van der Waals surface area (Å²) in [4.78, 5) is 15.0. The molecule has 0 aliphatic heterocycles. The summed E-state index contributed by atoms with van der Waals surface area (Å²) in [5.41, 5.74) is 9.75. The van der Waals surface area contributed by atoms with Crippen LogP contribution in [0.15, 0.2) is 29.4 Å². The van der Waals surface area contributed by atoms with E-state index in [0.29, 0.717) is 11.0 Å². The third-order valence-corrected chi connectivity index (χ3v) is 2.62. The summed E-state index contributed by atoms with van der Waals surface area (Å²) in [7, 11) is 0.